The van der Waals surface area contributed by atoms with Crippen LogP contribution in [0, 0.1) is 0 Å². The summed E-state index contributed by atoms with van der Waals surface area (Å²) >= 11 is 3.49. The van der Waals surface area contributed by atoms with Gasteiger partial charge in [0, 0.05) is 10.5 Å². The average molecular weight is 316 g/mol. The molecule has 1 aliphatic carbocycles. The third-order valence-electron chi connectivity index (χ3n) is 2.99. The van der Waals surface area contributed by atoms with Crippen molar-refractivity contribution >= 4 is 26.9 Å². The van der Waals surface area contributed by atoms with Gasteiger partial charge in [-0.1, -0.05) is 22.0 Å². The molecule has 94 valence electrons. The summed E-state index contributed by atoms with van der Waals surface area (Å²) in [4.78, 5) is 0. The molecule has 0 spiro atoms. The predicted octanol–water partition coefficient (Wildman–Crippen LogP) is 3.49. The Kier molecular flexibility index (Phi) is 3.76. The van der Waals surface area contributed by atoms with Gasteiger partial charge in [-0.25, -0.2) is 8.93 Å². The zero-order valence-electron chi connectivity index (χ0n) is 10.4. The predicted molar refractivity (Wildman–Crippen MR) is 76.2 cm³/mol. The number of hydrogen-bond acceptors (Lipinski definition) is 1. The maximum Gasteiger partial charge on any atom is 0.0975 e. The number of halogens is 1. The minimum atomic E-state index is -1.01. The first kappa shape index (κ1) is 13.2. The van der Waals surface area contributed by atoms with Crippen LogP contribution in [0.1, 0.15) is 44.4 Å². The van der Waals surface area contributed by atoms with E-state index in [2.05, 4.69) is 38.9 Å². The molecule has 0 amide bonds. The third-order valence-corrected chi connectivity index (χ3v) is 5.10. The molecule has 0 saturated heterocycles. The Morgan fingerprint density at radius 2 is 2.12 bits per heavy atom. The molecule has 2 nitrogen and oxygen atoms in total. The molecule has 2 unspecified atom stereocenters. The van der Waals surface area contributed by atoms with Crippen LogP contribution < -0.4 is 4.72 Å². The maximum absolute atomic E-state index is 12.1. The summed E-state index contributed by atoms with van der Waals surface area (Å²) in [5.74, 6) is 0. The second-order valence-corrected chi connectivity index (χ2v) is 8.35. The summed E-state index contributed by atoms with van der Waals surface area (Å²) in [6.07, 6.45) is 2.11. The fourth-order valence-electron chi connectivity index (χ4n) is 2.00. The highest BCUT2D eigenvalue weighted by molar-refractivity contribution is 9.10. The minimum absolute atomic E-state index is 0.214. The highest BCUT2D eigenvalue weighted by Gasteiger charge is 2.28. The van der Waals surface area contributed by atoms with Gasteiger partial charge in [0.1, 0.15) is 0 Å². The van der Waals surface area contributed by atoms with Gasteiger partial charge in [0.05, 0.1) is 15.7 Å². The largest absolute Gasteiger partial charge is 0.242 e. The molecule has 17 heavy (non-hydrogen) atoms. The molecule has 1 aromatic carbocycles. The lowest BCUT2D eigenvalue weighted by molar-refractivity contribution is 0.596. The van der Waals surface area contributed by atoms with Gasteiger partial charge in [0.25, 0.3) is 0 Å². The van der Waals surface area contributed by atoms with Crippen molar-refractivity contribution in [1.82, 2.24) is 4.72 Å². The van der Waals surface area contributed by atoms with Gasteiger partial charge < -0.3 is 0 Å². The maximum atomic E-state index is 12.1. The summed E-state index contributed by atoms with van der Waals surface area (Å²) in [5, 5.41) is 0. The van der Waals surface area contributed by atoms with Gasteiger partial charge in [-0.05, 0) is 56.9 Å². The SMILES string of the molecule is CC(C)(C)S(=O)NC1CCc2ccc(Br)cc21. The molecule has 0 aromatic heterocycles. The molecule has 1 N–H and O–H groups in total. The van der Waals surface area contributed by atoms with Crippen molar-refractivity contribution in [1.29, 1.82) is 0 Å². The molecule has 1 aromatic rings. The summed E-state index contributed by atoms with van der Waals surface area (Å²) < 4.78 is 16.2. The van der Waals surface area contributed by atoms with Crippen molar-refractivity contribution < 1.29 is 4.21 Å². The van der Waals surface area contributed by atoms with Crippen LogP contribution in [0.25, 0.3) is 0 Å². The second-order valence-electron chi connectivity index (χ2n) is 5.43. The van der Waals surface area contributed by atoms with Gasteiger partial charge in [0.2, 0.25) is 0 Å². The number of fused-ring (bicyclic) bond motifs is 1. The van der Waals surface area contributed by atoms with Crippen molar-refractivity contribution in [2.24, 2.45) is 0 Å². The normalized spacial score (nSPS) is 21.3. The van der Waals surface area contributed by atoms with Crippen LogP contribution in [0.3, 0.4) is 0 Å². The zero-order chi connectivity index (χ0) is 12.6. The lowest BCUT2D eigenvalue weighted by Gasteiger charge is -2.22. The van der Waals surface area contributed by atoms with E-state index in [1.807, 2.05) is 20.8 Å². The van der Waals surface area contributed by atoms with Crippen molar-refractivity contribution in [3.05, 3.63) is 33.8 Å². The first-order chi connectivity index (χ1) is 7.88. The van der Waals surface area contributed by atoms with E-state index in [9.17, 15) is 4.21 Å². The van der Waals surface area contributed by atoms with Crippen LogP contribution in [0.2, 0.25) is 0 Å². The Morgan fingerprint density at radius 1 is 1.41 bits per heavy atom. The first-order valence-electron chi connectivity index (χ1n) is 5.84. The fraction of sp³-hybridized carbons (Fsp3) is 0.538. The monoisotopic (exact) mass is 315 g/mol. The lowest BCUT2D eigenvalue weighted by atomic mass is 10.1. The molecule has 2 rings (SSSR count). The van der Waals surface area contributed by atoms with E-state index in [1.54, 1.807) is 0 Å². The van der Waals surface area contributed by atoms with Crippen LogP contribution in [0.4, 0.5) is 0 Å². The number of benzene rings is 1. The first-order valence-corrected chi connectivity index (χ1v) is 7.78. The lowest BCUT2D eigenvalue weighted by Crippen LogP contribution is -2.35. The summed E-state index contributed by atoms with van der Waals surface area (Å²) in [5.41, 5.74) is 2.66. The Balaban J connectivity index is 2.17. The van der Waals surface area contributed by atoms with E-state index >= 15 is 0 Å². The Morgan fingerprint density at radius 3 is 2.76 bits per heavy atom. The molecule has 4 heteroatoms. The molecule has 0 bridgehead atoms. The third kappa shape index (κ3) is 2.98. The summed E-state index contributed by atoms with van der Waals surface area (Å²) in [6.45, 7) is 5.98. The number of nitrogens with one attached hydrogen (secondary N) is 1. The quantitative estimate of drug-likeness (QED) is 0.889. The van der Waals surface area contributed by atoms with E-state index in [0.717, 1.165) is 17.3 Å². The Bertz CT molecular complexity index is 453. The second kappa shape index (κ2) is 4.82. The van der Waals surface area contributed by atoms with E-state index < -0.39 is 11.0 Å². The molecule has 0 heterocycles. The smallest absolute Gasteiger partial charge is 0.0975 e. The zero-order valence-corrected chi connectivity index (χ0v) is 12.8. The number of rotatable bonds is 2. The topological polar surface area (TPSA) is 29.1 Å². The van der Waals surface area contributed by atoms with Crippen LogP contribution in [0.15, 0.2) is 22.7 Å². The molecule has 1 aliphatic rings. The Labute approximate surface area is 114 Å². The standard InChI is InChI=1S/C13H18BrNOS/c1-13(2,3)17(16)15-12-7-5-9-4-6-10(14)8-11(9)12/h4,6,8,12,15H,5,7H2,1-3H3. The number of hydrogen-bond donors (Lipinski definition) is 1. The van der Waals surface area contributed by atoms with E-state index in [4.69, 9.17) is 0 Å². The summed E-state index contributed by atoms with van der Waals surface area (Å²) in [6, 6.07) is 6.59. The fourth-order valence-corrected chi connectivity index (χ4v) is 3.24. The van der Waals surface area contributed by atoms with Crippen LogP contribution in [-0.4, -0.2) is 8.96 Å². The van der Waals surface area contributed by atoms with Crippen LogP contribution in [-0.2, 0) is 17.4 Å². The van der Waals surface area contributed by atoms with Gasteiger partial charge in [-0.3, -0.25) is 0 Å². The van der Waals surface area contributed by atoms with E-state index in [1.165, 1.54) is 11.1 Å². The van der Waals surface area contributed by atoms with Crippen molar-refractivity contribution in [3.63, 3.8) is 0 Å². The summed E-state index contributed by atoms with van der Waals surface area (Å²) in [7, 11) is -1.01. The molecular weight excluding hydrogens is 298 g/mol. The number of aryl methyl sites for hydroxylation is 1. The highest BCUT2D eigenvalue weighted by atomic mass is 79.9. The van der Waals surface area contributed by atoms with Gasteiger partial charge in [0.15, 0.2) is 0 Å². The van der Waals surface area contributed by atoms with Crippen molar-refractivity contribution in [2.45, 2.75) is 44.4 Å². The molecule has 0 saturated carbocycles. The van der Waals surface area contributed by atoms with Gasteiger partial charge >= 0.3 is 0 Å². The molecule has 0 radical (unpaired) electrons. The van der Waals surface area contributed by atoms with Gasteiger partial charge in [-0.2, -0.15) is 0 Å². The molecular formula is C13H18BrNOS. The van der Waals surface area contributed by atoms with Crippen LogP contribution >= 0.6 is 15.9 Å². The van der Waals surface area contributed by atoms with Gasteiger partial charge in [-0.15, -0.1) is 0 Å². The van der Waals surface area contributed by atoms with Crippen LogP contribution in [0.5, 0.6) is 0 Å². The molecule has 2 atom stereocenters. The molecule has 0 fully saturated rings. The average Bonchev–Trinajstić information content (AvgIpc) is 2.60. The minimum Gasteiger partial charge on any atom is -0.242 e. The van der Waals surface area contributed by atoms with E-state index in [0.29, 0.717) is 0 Å². The molecule has 0 aliphatic heterocycles. The Hall–Kier alpha value is -0.190. The van der Waals surface area contributed by atoms with Crippen molar-refractivity contribution in [3.8, 4) is 0 Å². The van der Waals surface area contributed by atoms with Crippen molar-refractivity contribution in [2.75, 3.05) is 0 Å². The highest BCUT2D eigenvalue weighted by Crippen LogP contribution is 2.33. The van der Waals surface area contributed by atoms with E-state index in [-0.39, 0.29) is 10.8 Å².